The molecule has 3 aromatic carbocycles. The van der Waals surface area contributed by atoms with E-state index >= 15 is 0 Å². The van der Waals surface area contributed by atoms with Crippen molar-refractivity contribution in [1.82, 2.24) is 0 Å². The van der Waals surface area contributed by atoms with E-state index in [0.29, 0.717) is 23.9 Å². The standard InChI is InChI=1S/C28H26N2O7/c1-4-34-22-7-9-23(10-8-22)35-17-24-11-12-26(36-24)28(31)29-20-14-21(30(32)33)16-25(15-20)37-27-13-18(2)5-6-19(27)3/h5-16H,4,17H2,1-3H3,(H,29,31). The number of amides is 1. The number of anilines is 1. The molecule has 0 fully saturated rings. The quantitative estimate of drug-likeness (QED) is 0.187. The SMILES string of the molecule is CCOc1ccc(OCc2ccc(C(=O)Nc3cc(Oc4cc(C)ccc4C)cc([N+](=O)[O-])c3)o2)cc1. The molecule has 0 saturated carbocycles. The summed E-state index contributed by atoms with van der Waals surface area (Å²) in [5.74, 6) is 2.08. The van der Waals surface area contributed by atoms with E-state index < -0.39 is 10.8 Å². The number of nitro benzene ring substituents is 1. The average molecular weight is 503 g/mol. The number of nitrogens with one attached hydrogen (secondary N) is 1. The van der Waals surface area contributed by atoms with E-state index in [2.05, 4.69) is 5.32 Å². The molecule has 0 unspecified atom stereocenters. The molecule has 0 radical (unpaired) electrons. The van der Waals surface area contributed by atoms with Crippen molar-refractivity contribution in [2.75, 3.05) is 11.9 Å². The first-order chi connectivity index (χ1) is 17.8. The van der Waals surface area contributed by atoms with Crippen LogP contribution in [0, 0.1) is 24.0 Å². The molecular weight excluding hydrogens is 476 g/mol. The van der Waals surface area contributed by atoms with Crippen LogP contribution in [-0.2, 0) is 6.61 Å². The van der Waals surface area contributed by atoms with Crippen LogP contribution in [0.3, 0.4) is 0 Å². The van der Waals surface area contributed by atoms with Crippen LogP contribution in [0.4, 0.5) is 11.4 Å². The van der Waals surface area contributed by atoms with E-state index in [1.807, 2.05) is 39.0 Å². The van der Waals surface area contributed by atoms with Gasteiger partial charge >= 0.3 is 0 Å². The Kier molecular flexibility index (Phi) is 7.73. The second kappa shape index (κ2) is 11.3. The van der Waals surface area contributed by atoms with Gasteiger partial charge in [0, 0.05) is 12.1 Å². The second-order valence-electron chi connectivity index (χ2n) is 8.26. The molecule has 1 aromatic heterocycles. The molecule has 9 nitrogen and oxygen atoms in total. The molecule has 4 aromatic rings. The minimum atomic E-state index is -0.564. The van der Waals surface area contributed by atoms with Crippen molar-refractivity contribution < 1.29 is 28.3 Å². The third kappa shape index (κ3) is 6.66. The summed E-state index contributed by atoms with van der Waals surface area (Å²) in [5, 5.41) is 14.1. The van der Waals surface area contributed by atoms with Crippen molar-refractivity contribution in [3.05, 3.63) is 106 Å². The van der Waals surface area contributed by atoms with E-state index in [4.69, 9.17) is 18.6 Å². The van der Waals surface area contributed by atoms with Crippen LogP contribution in [0.5, 0.6) is 23.0 Å². The Bertz CT molecular complexity index is 1410. The van der Waals surface area contributed by atoms with Crippen molar-refractivity contribution in [2.24, 2.45) is 0 Å². The monoisotopic (exact) mass is 502 g/mol. The molecule has 1 amide bonds. The Morgan fingerprint density at radius 3 is 2.35 bits per heavy atom. The molecule has 0 aliphatic carbocycles. The summed E-state index contributed by atoms with van der Waals surface area (Å²) in [5.41, 5.74) is 1.84. The first kappa shape index (κ1) is 25.3. The molecular formula is C28H26N2O7. The molecule has 0 spiro atoms. The lowest BCUT2D eigenvalue weighted by molar-refractivity contribution is -0.384. The van der Waals surface area contributed by atoms with E-state index in [1.165, 1.54) is 24.3 Å². The number of benzene rings is 3. The van der Waals surface area contributed by atoms with Crippen molar-refractivity contribution >= 4 is 17.3 Å². The van der Waals surface area contributed by atoms with Gasteiger partial charge in [0.2, 0.25) is 0 Å². The van der Waals surface area contributed by atoms with Crippen LogP contribution >= 0.6 is 0 Å². The predicted octanol–water partition coefficient (Wildman–Crippen LogP) is 6.83. The molecule has 0 aliphatic rings. The van der Waals surface area contributed by atoms with Crippen LogP contribution in [0.2, 0.25) is 0 Å². The minimum Gasteiger partial charge on any atom is -0.494 e. The van der Waals surface area contributed by atoms with Crippen molar-refractivity contribution in [3.63, 3.8) is 0 Å². The Balaban J connectivity index is 1.44. The molecule has 37 heavy (non-hydrogen) atoms. The number of nitro groups is 1. The van der Waals surface area contributed by atoms with Gasteiger partial charge in [0.25, 0.3) is 11.6 Å². The fraction of sp³-hybridized carbons (Fsp3) is 0.179. The molecule has 1 N–H and O–H groups in total. The highest BCUT2D eigenvalue weighted by molar-refractivity contribution is 6.02. The molecule has 4 rings (SSSR count). The predicted molar refractivity (Wildman–Crippen MR) is 138 cm³/mol. The van der Waals surface area contributed by atoms with Crippen LogP contribution in [-0.4, -0.2) is 17.4 Å². The summed E-state index contributed by atoms with van der Waals surface area (Å²) in [6.07, 6.45) is 0. The van der Waals surface area contributed by atoms with Gasteiger partial charge in [0.1, 0.15) is 35.4 Å². The highest BCUT2D eigenvalue weighted by atomic mass is 16.6. The number of carbonyl (C=O) groups is 1. The maximum atomic E-state index is 12.8. The number of hydrogen-bond donors (Lipinski definition) is 1. The minimum absolute atomic E-state index is 0.0359. The van der Waals surface area contributed by atoms with Crippen molar-refractivity contribution in [2.45, 2.75) is 27.4 Å². The smallest absolute Gasteiger partial charge is 0.291 e. The highest BCUT2D eigenvalue weighted by Crippen LogP contribution is 2.32. The first-order valence-corrected chi connectivity index (χ1v) is 11.6. The summed E-state index contributed by atoms with van der Waals surface area (Å²) >= 11 is 0. The number of rotatable bonds is 10. The van der Waals surface area contributed by atoms with E-state index in [1.54, 1.807) is 30.3 Å². The van der Waals surface area contributed by atoms with Gasteiger partial charge in [-0.15, -0.1) is 0 Å². The average Bonchev–Trinajstić information content (AvgIpc) is 3.35. The molecule has 0 saturated heterocycles. The van der Waals surface area contributed by atoms with E-state index in [-0.39, 0.29) is 29.5 Å². The largest absolute Gasteiger partial charge is 0.494 e. The van der Waals surface area contributed by atoms with Gasteiger partial charge in [-0.05, 0) is 74.4 Å². The van der Waals surface area contributed by atoms with Gasteiger partial charge < -0.3 is 23.9 Å². The number of nitrogens with zero attached hydrogens (tertiary/aromatic N) is 1. The molecule has 0 aliphatic heterocycles. The zero-order valence-electron chi connectivity index (χ0n) is 20.6. The van der Waals surface area contributed by atoms with Gasteiger partial charge in [-0.1, -0.05) is 12.1 Å². The number of non-ortho nitro benzene ring substituents is 1. The number of aryl methyl sites for hydroxylation is 2. The summed E-state index contributed by atoms with van der Waals surface area (Å²) in [6, 6.07) is 20.1. The zero-order valence-corrected chi connectivity index (χ0v) is 20.6. The summed E-state index contributed by atoms with van der Waals surface area (Å²) < 4.78 is 22.6. The highest BCUT2D eigenvalue weighted by Gasteiger charge is 2.17. The van der Waals surface area contributed by atoms with E-state index in [9.17, 15) is 14.9 Å². The Labute approximate surface area is 213 Å². The zero-order chi connectivity index (χ0) is 26.4. The second-order valence-corrected chi connectivity index (χ2v) is 8.26. The molecule has 0 atom stereocenters. The van der Waals surface area contributed by atoms with Gasteiger partial charge in [0.05, 0.1) is 23.3 Å². The van der Waals surface area contributed by atoms with Crippen LogP contribution in [0.1, 0.15) is 34.4 Å². The maximum absolute atomic E-state index is 12.8. The molecule has 190 valence electrons. The summed E-state index contributed by atoms with van der Waals surface area (Å²) in [6.45, 7) is 6.41. The Morgan fingerprint density at radius 2 is 1.65 bits per heavy atom. The van der Waals surface area contributed by atoms with Gasteiger partial charge in [-0.3, -0.25) is 14.9 Å². The number of hydrogen-bond acceptors (Lipinski definition) is 7. The Morgan fingerprint density at radius 1 is 0.919 bits per heavy atom. The number of ether oxygens (including phenoxy) is 3. The van der Waals surface area contributed by atoms with Crippen molar-refractivity contribution in [1.29, 1.82) is 0 Å². The van der Waals surface area contributed by atoms with Crippen LogP contribution in [0.25, 0.3) is 0 Å². The fourth-order valence-corrected chi connectivity index (χ4v) is 3.49. The Hall–Kier alpha value is -4.79. The summed E-state index contributed by atoms with van der Waals surface area (Å²) in [4.78, 5) is 23.7. The lowest BCUT2D eigenvalue weighted by atomic mass is 10.1. The third-order valence-electron chi connectivity index (χ3n) is 5.33. The third-order valence-corrected chi connectivity index (χ3v) is 5.33. The van der Waals surface area contributed by atoms with Crippen LogP contribution in [0.15, 0.2) is 77.2 Å². The molecule has 1 heterocycles. The maximum Gasteiger partial charge on any atom is 0.291 e. The molecule has 9 heteroatoms. The fourth-order valence-electron chi connectivity index (χ4n) is 3.49. The van der Waals surface area contributed by atoms with E-state index in [0.717, 1.165) is 16.9 Å². The topological polar surface area (TPSA) is 113 Å². The lowest BCUT2D eigenvalue weighted by Gasteiger charge is -2.11. The van der Waals surface area contributed by atoms with Crippen LogP contribution < -0.4 is 19.5 Å². The molecule has 0 bridgehead atoms. The van der Waals surface area contributed by atoms with Crippen molar-refractivity contribution in [3.8, 4) is 23.0 Å². The first-order valence-electron chi connectivity index (χ1n) is 11.6. The summed E-state index contributed by atoms with van der Waals surface area (Å²) in [7, 11) is 0. The lowest BCUT2D eigenvalue weighted by Crippen LogP contribution is -2.11. The number of carbonyl (C=O) groups excluding carboxylic acids is 1. The van der Waals surface area contributed by atoms with Gasteiger partial charge in [0.15, 0.2) is 5.76 Å². The van der Waals surface area contributed by atoms with Gasteiger partial charge in [-0.25, -0.2) is 0 Å². The normalized spacial score (nSPS) is 10.6. The van der Waals surface area contributed by atoms with Gasteiger partial charge in [-0.2, -0.15) is 0 Å². The number of furan rings is 1.